The Morgan fingerprint density at radius 3 is 3.05 bits per heavy atom. The van der Waals surface area contributed by atoms with E-state index in [0.717, 1.165) is 15.6 Å². The summed E-state index contributed by atoms with van der Waals surface area (Å²) in [6.45, 7) is 0. The van der Waals surface area contributed by atoms with E-state index in [1.165, 1.54) is 11.3 Å². The first-order valence-electron chi connectivity index (χ1n) is 5.48. The van der Waals surface area contributed by atoms with E-state index in [4.69, 9.17) is 5.26 Å². The molecule has 7 heteroatoms. The third-order valence-electron chi connectivity index (χ3n) is 2.99. The van der Waals surface area contributed by atoms with Gasteiger partial charge in [0.05, 0.1) is 5.52 Å². The van der Waals surface area contributed by atoms with E-state index in [9.17, 15) is 4.79 Å². The molecule has 0 saturated carbocycles. The zero-order valence-corrected chi connectivity index (χ0v) is 10.2. The van der Waals surface area contributed by atoms with E-state index < -0.39 is 0 Å². The highest BCUT2D eigenvalue weighted by atomic mass is 32.1. The molecule has 0 atom stereocenters. The van der Waals surface area contributed by atoms with Crippen LogP contribution in [0.4, 0.5) is 0 Å². The molecule has 4 aromatic rings. The van der Waals surface area contributed by atoms with Crippen molar-refractivity contribution in [2.45, 2.75) is 0 Å². The Labute approximate surface area is 109 Å². The van der Waals surface area contributed by atoms with Gasteiger partial charge in [-0.15, -0.1) is 16.4 Å². The lowest BCUT2D eigenvalue weighted by molar-refractivity contribution is 0.874. The zero-order chi connectivity index (χ0) is 13.0. The largest absolute Gasteiger partial charge is 0.291 e. The summed E-state index contributed by atoms with van der Waals surface area (Å²) >= 11 is 1.39. The highest BCUT2D eigenvalue weighted by Crippen LogP contribution is 2.31. The van der Waals surface area contributed by atoms with Crippen LogP contribution < -0.4 is 5.56 Å². The van der Waals surface area contributed by atoms with Crippen LogP contribution in [-0.4, -0.2) is 19.8 Å². The van der Waals surface area contributed by atoms with Crippen molar-refractivity contribution in [2.24, 2.45) is 0 Å². The molecule has 0 aliphatic carbocycles. The minimum atomic E-state index is -0.325. The number of aromatic amines is 1. The fourth-order valence-corrected chi connectivity index (χ4v) is 3.25. The van der Waals surface area contributed by atoms with Crippen molar-refractivity contribution in [3.8, 4) is 6.07 Å². The van der Waals surface area contributed by atoms with E-state index in [1.54, 1.807) is 4.52 Å². The lowest BCUT2D eigenvalue weighted by atomic mass is 10.2. The monoisotopic (exact) mass is 267 g/mol. The van der Waals surface area contributed by atoms with Crippen LogP contribution in [0, 0.1) is 11.3 Å². The highest BCUT2D eigenvalue weighted by Gasteiger charge is 2.16. The Kier molecular flexibility index (Phi) is 1.83. The van der Waals surface area contributed by atoms with Gasteiger partial charge in [-0.1, -0.05) is 18.2 Å². The van der Waals surface area contributed by atoms with Gasteiger partial charge >= 0.3 is 0 Å². The van der Waals surface area contributed by atoms with Crippen LogP contribution in [0.3, 0.4) is 0 Å². The number of benzene rings is 1. The Morgan fingerprint density at radius 1 is 1.37 bits per heavy atom. The van der Waals surface area contributed by atoms with Gasteiger partial charge in [0.15, 0.2) is 5.65 Å². The molecule has 0 radical (unpaired) electrons. The number of aromatic nitrogens is 4. The van der Waals surface area contributed by atoms with E-state index >= 15 is 0 Å². The summed E-state index contributed by atoms with van der Waals surface area (Å²) < 4.78 is 3.16. The first-order valence-corrected chi connectivity index (χ1v) is 6.30. The maximum absolute atomic E-state index is 12.1. The molecule has 0 fully saturated rings. The Balaban J connectivity index is 2.41. The van der Waals surface area contributed by atoms with Crippen LogP contribution in [0.15, 0.2) is 29.1 Å². The number of rotatable bonds is 0. The second-order valence-electron chi connectivity index (χ2n) is 4.02. The number of nitriles is 1. The van der Waals surface area contributed by atoms with Crippen molar-refractivity contribution < 1.29 is 0 Å². The van der Waals surface area contributed by atoms with Crippen LogP contribution in [0.2, 0.25) is 0 Å². The molecule has 0 bridgehead atoms. The zero-order valence-electron chi connectivity index (χ0n) is 9.41. The molecule has 4 rings (SSSR count). The van der Waals surface area contributed by atoms with Gasteiger partial charge in [-0.3, -0.25) is 4.79 Å². The third kappa shape index (κ3) is 1.21. The van der Waals surface area contributed by atoms with Crippen molar-refractivity contribution in [3.05, 3.63) is 40.3 Å². The number of nitrogens with zero attached hydrogens (tertiary/aromatic N) is 4. The summed E-state index contributed by atoms with van der Waals surface area (Å²) in [4.78, 5) is 16.0. The lowest BCUT2D eigenvalue weighted by Gasteiger charge is -1.95. The maximum Gasteiger partial charge on any atom is 0.291 e. The van der Waals surface area contributed by atoms with Gasteiger partial charge in [-0.25, -0.2) is 9.73 Å². The number of fused-ring (bicyclic) bond motifs is 5. The fourth-order valence-electron chi connectivity index (χ4n) is 2.18. The Morgan fingerprint density at radius 2 is 2.21 bits per heavy atom. The lowest BCUT2D eigenvalue weighted by Crippen LogP contribution is -2.08. The Bertz CT molecular complexity index is 1050. The summed E-state index contributed by atoms with van der Waals surface area (Å²) in [5.74, 6) is 0. The normalized spacial score (nSPS) is 11.3. The van der Waals surface area contributed by atoms with Gasteiger partial charge in [0.25, 0.3) is 5.56 Å². The van der Waals surface area contributed by atoms with Crippen molar-refractivity contribution in [1.29, 1.82) is 5.26 Å². The average Bonchev–Trinajstić information content (AvgIpc) is 2.99. The average molecular weight is 267 g/mol. The molecular formula is C12H5N5OS. The van der Waals surface area contributed by atoms with Crippen molar-refractivity contribution >= 4 is 37.3 Å². The standard InChI is InChI=1S/C12H5N5OS/c13-5-7-11-14-12(18)10-9(17(11)16-15-7)6-3-1-2-4-8(6)19-10/h1-4,16H. The molecule has 19 heavy (non-hydrogen) atoms. The van der Waals surface area contributed by atoms with E-state index in [1.807, 2.05) is 30.3 Å². The van der Waals surface area contributed by atoms with E-state index in [0.29, 0.717) is 4.70 Å². The van der Waals surface area contributed by atoms with E-state index in [-0.39, 0.29) is 16.9 Å². The fraction of sp³-hybridized carbons (Fsp3) is 0. The van der Waals surface area contributed by atoms with Gasteiger partial charge in [-0.2, -0.15) is 10.2 Å². The van der Waals surface area contributed by atoms with Crippen molar-refractivity contribution in [2.75, 3.05) is 0 Å². The molecule has 0 aliphatic heterocycles. The van der Waals surface area contributed by atoms with Crippen LogP contribution in [0.25, 0.3) is 25.9 Å². The highest BCUT2D eigenvalue weighted by molar-refractivity contribution is 7.25. The number of hydrogen-bond acceptors (Lipinski definition) is 5. The predicted octanol–water partition coefficient (Wildman–Crippen LogP) is 1.66. The molecule has 0 saturated heterocycles. The van der Waals surface area contributed by atoms with Crippen molar-refractivity contribution in [1.82, 2.24) is 19.8 Å². The molecule has 0 unspecified atom stereocenters. The third-order valence-corrected chi connectivity index (χ3v) is 4.13. The topological polar surface area (TPSA) is 86.8 Å². The molecule has 1 N–H and O–H groups in total. The van der Waals surface area contributed by atoms with Crippen LogP contribution in [0.5, 0.6) is 0 Å². The first-order chi connectivity index (χ1) is 9.29. The molecule has 1 aromatic carbocycles. The molecule has 0 spiro atoms. The summed E-state index contributed by atoms with van der Waals surface area (Å²) in [6.07, 6.45) is 0. The van der Waals surface area contributed by atoms with Gasteiger partial charge in [0.1, 0.15) is 10.8 Å². The summed E-state index contributed by atoms with van der Waals surface area (Å²) in [6, 6.07) is 9.64. The second kappa shape index (κ2) is 3.40. The summed E-state index contributed by atoms with van der Waals surface area (Å²) in [5, 5.41) is 16.5. The number of nitrogens with one attached hydrogen (secondary N) is 1. The number of thiophene rings is 1. The second-order valence-corrected chi connectivity index (χ2v) is 5.08. The molecule has 3 aromatic heterocycles. The number of H-pyrrole nitrogens is 1. The van der Waals surface area contributed by atoms with Crippen LogP contribution >= 0.6 is 11.3 Å². The molecule has 3 heterocycles. The quantitative estimate of drug-likeness (QED) is 0.525. The smallest absolute Gasteiger partial charge is 0.266 e. The molecule has 6 nitrogen and oxygen atoms in total. The van der Waals surface area contributed by atoms with Crippen LogP contribution in [-0.2, 0) is 0 Å². The minimum Gasteiger partial charge on any atom is -0.266 e. The van der Waals surface area contributed by atoms with E-state index in [2.05, 4.69) is 15.3 Å². The summed E-state index contributed by atoms with van der Waals surface area (Å²) in [7, 11) is 0. The number of hydrogen-bond donors (Lipinski definition) is 1. The molecule has 0 amide bonds. The SMILES string of the molecule is N#Cc1n[nH]n2c1nc(=O)c1sc3ccccc3c12. The van der Waals surface area contributed by atoms with Crippen LogP contribution in [0.1, 0.15) is 5.69 Å². The predicted molar refractivity (Wildman–Crippen MR) is 71.2 cm³/mol. The summed E-state index contributed by atoms with van der Waals surface area (Å²) in [5.41, 5.74) is 0.788. The molecular weight excluding hydrogens is 262 g/mol. The maximum atomic E-state index is 12.1. The molecule has 0 aliphatic rings. The first kappa shape index (κ1) is 10.2. The molecule has 90 valence electrons. The van der Waals surface area contributed by atoms with Gasteiger partial charge < -0.3 is 0 Å². The van der Waals surface area contributed by atoms with Crippen molar-refractivity contribution in [3.63, 3.8) is 0 Å². The Hall–Kier alpha value is -2.72. The van der Waals surface area contributed by atoms with Gasteiger partial charge in [0.2, 0.25) is 5.69 Å². The van der Waals surface area contributed by atoms with Gasteiger partial charge in [0, 0.05) is 10.1 Å². The van der Waals surface area contributed by atoms with Gasteiger partial charge in [-0.05, 0) is 6.07 Å². The minimum absolute atomic E-state index is 0.120.